The van der Waals surface area contributed by atoms with Gasteiger partial charge >= 0.3 is 0 Å². The normalized spacial score (nSPS) is 11.3. The fourth-order valence-electron chi connectivity index (χ4n) is 6.62. The van der Waals surface area contributed by atoms with Gasteiger partial charge in [0.15, 0.2) is 5.58 Å². The molecule has 0 saturated heterocycles. The van der Waals surface area contributed by atoms with E-state index in [1.807, 2.05) is 24.4 Å². The predicted octanol–water partition coefficient (Wildman–Crippen LogP) is 12.6. The van der Waals surface area contributed by atoms with Gasteiger partial charge in [-0.05, 0) is 87.6 Å². The highest BCUT2D eigenvalue weighted by molar-refractivity contribution is 6.05. The van der Waals surface area contributed by atoms with Crippen molar-refractivity contribution in [2.45, 2.75) is 0 Å². The van der Waals surface area contributed by atoms with Gasteiger partial charge in [-0.2, -0.15) is 0 Å². The molecule has 2 aromatic heterocycles. The van der Waals surface area contributed by atoms with Crippen LogP contribution in [0, 0.1) is 0 Å². The lowest BCUT2D eigenvalue weighted by Crippen LogP contribution is -2.09. The number of para-hydroxylation sites is 1. The minimum Gasteiger partial charge on any atom is -0.454 e. The minimum atomic E-state index is 0.800. The van der Waals surface area contributed by atoms with Gasteiger partial charge in [0.2, 0.25) is 0 Å². The number of hydrogen-bond donors (Lipinski definition) is 0. The highest BCUT2D eigenvalue weighted by Gasteiger charge is 2.15. The van der Waals surface area contributed by atoms with Crippen molar-refractivity contribution in [1.29, 1.82) is 0 Å². The third kappa shape index (κ3) is 5.08. The van der Waals surface area contributed by atoms with E-state index in [0.717, 1.165) is 50.3 Å². The summed E-state index contributed by atoms with van der Waals surface area (Å²) in [6.45, 7) is 0. The molecule has 0 spiro atoms. The maximum absolute atomic E-state index is 6.01. The fourth-order valence-corrected chi connectivity index (χ4v) is 6.62. The summed E-state index contributed by atoms with van der Waals surface area (Å²) in [6.07, 6.45) is 1.83. The SMILES string of the molecule is c1ccc(-c2ccc(N(c3ccc(-c4ccc5ccccc5c4)cc3)c3ccc(-c4cc5c(cn4)oc4ccccc45)cc3)cc2)cc1. The van der Waals surface area contributed by atoms with Crippen LogP contribution in [0.15, 0.2) is 187 Å². The molecule has 0 aliphatic carbocycles. The molecule has 0 aliphatic rings. The third-order valence-corrected chi connectivity index (χ3v) is 9.13. The topological polar surface area (TPSA) is 29.3 Å². The van der Waals surface area contributed by atoms with Crippen LogP contribution < -0.4 is 4.90 Å². The molecule has 7 aromatic carbocycles. The molecule has 0 saturated carbocycles. The molecule has 226 valence electrons. The van der Waals surface area contributed by atoms with Crippen molar-refractivity contribution in [3.63, 3.8) is 0 Å². The van der Waals surface area contributed by atoms with Crippen LogP contribution in [-0.4, -0.2) is 4.98 Å². The van der Waals surface area contributed by atoms with Crippen LogP contribution in [0.1, 0.15) is 0 Å². The Hall–Kier alpha value is -6.45. The summed E-state index contributed by atoms with van der Waals surface area (Å²) in [4.78, 5) is 7.06. The molecule has 3 heteroatoms. The molecular weight excluding hydrogens is 585 g/mol. The molecule has 2 heterocycles. The summed E-state index contributed by atoms with van der Waals surface area (Å²) in [7, 11) is 0. The number of nitrogens with zero attached hydrogens (tertiary/aromatic N) is 2. The monoisotopic (exact) mass is 614 g/mol. The van der Waals surface area contributed by atoms with Gasteiger partial charge in [0.25, 0.3) is 0 Å². The number of anilines is 3. The smallest absolute Gasteiger partial charge is 0.153 e. The second-order valence-electron chi connectivity index (χ2n) is 12.1. The minimum absolute atomic E-state index is 0.800. The van der Waals surface area contributed by atoms with Crippen molar-refractivity contribution in [3.8, 4) is 33.5 Å². The second-order valence-corrected chi connectivity index (χ2v) is 12.1. The first-order valence-electron chi connectivity index (χ1n) is 16.2. The molecule has 0 atom stereocenters. The predicted molar refractivity (Wildman–Crippen MR) is 200 cm³/mol. The number of pyridine rings is 1. The number of furan rings is 1. The summed E-state index contributed by atoms with van der Waals surface area (Å²) < 4.78 is 6.01. The molecule has 0 amide bonds. The molecule has 0 radical (unpaired) electrons. The Kier molecular flexibility index (Phi) is 6.80. The standard InChI is InChI=1S/C45H30N2O/c1-2-8-31(9-3-1)33-16-22-38(23-17-33)47(39-24-18-34(19-25-39)37-15-14-32-10-4-5-11-36(32)28-37)40-26-20-35(21-27-40)43-29-42-41-12-6-7-13-44(41)48-45(42)30-46-43/h1-30H. The zero-order valence-electron chi connectivity index (χ0n) is 26.1. The van der Waals surface area contributed by atoms with Crippen molar-refractivity contribution in [3.05, 3.63) is 182 Å². The quantitative estimate of drug-likeness (QED) is 0.187. The van der Waals surface area contributed by atoms with E-state index in [1.54, 1.807) is 0 Å². The molecule has 0 aliphatic heterocycles. The zero-order chi connectivity index (χ0) is 31.9. The van der Waals surface area contributed by atoms with Crippen molar-refractivity contribution in [2.75, 3.05) is 4.90 Å². The van der Waals surface area contributed by atoms with E-state index in [2.05, 4.69) is 163 Å². The number of fused-ring (bicyclic) bond motifs is 4. The van der Waals surface area contributed by atoms with Crippen LogP contribution >= 0.6 is 0 Å². The van der Waals surface area contributed by atoms with E-state index >= 15 is 0 Å². The Labute approximate surface area is 279 Å². The van der Waals surface area contributed by atoms with Gasteiger partial charge in [-0.25, -0.2) is 0 Å². The van der Waals surface area contributed by atoms with Crippen LogP contribution in [0.4, 0.5) is 17.1 Å². The van der Waals surface area contributed by atoms with Crippen molar-refractivity contribution in [1.82, 2.24) is 4.98 Å². The first kappa shape index (κ1) is 27.8. The molecule has 0 unspecified atom stereocenters. The zero-order valence-corrected chi connectivity index (χ0v) is 26.1. The average Bonchev–Trinajstić information content (AvgIpc) is 3.54. The van der Waals surface area contributed by atoms with Gasteiger partial charge in [0.05, 0.1) is 11.9 Å². The Morgan fingerprint density at radius 3 is 1.62 bits per heavy atom. The van der Waals surface area contributed by atoms with E-state index in [0.29, 0.717) is 0 Å². The van der Waals surface area contributed by atoms with E-state index in [1.165, 1.54) is 33.0 Å². The van der Waals surface area contributed by atoms with Gasteiger partial charge in [-0.1, -0.05) is 121 Å². The maximum Gasteiger partial charge on any atom is 0.153 e. The van der Waals surface area contributed by atoms with E-state index in [-0.39, 0.29) is 0 Å². The number of benzene rings is 7. The maximum atomic E-state index is 6.01. The highest BCUT2D eigenvalue weighted by atomic mass is 16.3. The lowest BCUT2D eigenvalue weighted by atomic mass is 10.0. The van der Waals surface area contributed by atoms with Gasteiger partial charge in [-0.3, -0.25) is 4.98 Å². The first-order valence-corrected chi connectivity index (χ1v) is 16.2. The van der Waals surface area contributed by atoms with Crippen LogP contribution in [0.3, 0.4) is 0 Å². The summed E-state index contributed by atoms with van der Waals surface area (Å²) in [6, 6.07) is 62.2. The van der Waals surface area contributed by atoms with E-state index in [4.69, 9.17) is 9.40 Å². The molecule has 48 heavy (non-hydrogen) atoms. The fraction of sp³-hybridized carbons (Fsp3) is 0. The van der Waals surface area contributed by atoms with Crippen molar-refractivity contribution < 1.29 is 4.42 Å². The van der Waals surface area contributed by atoms with E-state index in [9.17, 15) is 0 Å². The molecule has 9 rings (SSSR count). The van der Waals surface area contributed by atoms with Gasteiger partial charge in [-0.15, -0.1) is 0 Å². The van der Waals surface area contributed by atoms with E-state index < -0.39 is 0 Å². The number of aromatic nitrogens is 1. The van der Waals surface area contributed by atoms with Gasteiger partial charge < -0.3 is 9.32 Å². The molecule has 3 nitrogen and oxygen atoms in total. The average molecular weight is 615 g/mol. The summed E-state index contributed by atoms with van der Waals surface area (Å²) in [5, 5.41) is 4.67. The van der Waals surface area contributed by atoms with Gasteiger partial charge in [0.1, 0.15) is 5.58 Å². The Morgan fingerprint density at radius 1 is 0.375 bits per heavy atom. The second kappa shape index (κ2) is 11.7. The number of rotatable bonds is 6. The van der Waals surface area contributed by atoms with Crippen molar-refractivity contribution in [2.24, 2.45) is 0 Å². The molecule has 9 aromatic rings. The highest BCUT2D eigenvalue weighted by Crippen LogP contribution is 2.38. The Bertz CT molecular complexity index is 2530. The summed E-state index contributed by atoms with van der Waals surface area (Å²) in [5.41, 5.74) is 11.7. The van der Waals surface area contributed by atoms with Gasteiger partial charge in [0, 0.05) is 33.4 Å². The largest absolute Gasteiger partial charge is 0.454 e. The summed E-state index contributed by atoms with van der Waals surface area (Å²) >= 11 is 0. The molecule has 0 fully saturated rings. The molecule has 0 bridgehead atoms. The Morgan fingerprint density at radius 2 is 0.917 bits per heavy atom. The summed E-state index contributed by atoms with van der Waals surface area (Å²) in [5.74, 6) is 0. The number of hydrogen-bond acceptors (Lipinski definition) is 3. The lowest BCUT2D eigenvalue weighted by Gasteiger charge is -2.26. The van der Waals surface area contributed by atoms with Crippen LogP contribution in [0.25, 0.3) is 66.2 Å². The van der Waals surface area contributed by atoms with Crippen LogP contribution in [0.5, 0.6) is 0 Å². The lowest BCUT2D eigenvalue weighted by molar-refractivity contribution is 0.667. The first-order chi connectivity index (χ1) is 23.8. The molecule has 0 N–H and O–H groups in total. The van der Waals surface area contributed by atoms with Crippen LogP contribution in [-0.2, 0) is 0 Å². The Balaban J connectivity index is 1.09. The van der Waals surface area contributed by atoms with Crippen molar-refractivity contribution >= 4 is 49.8 Å². The van der Waals surface area contributed by atoms with Crippen LogP contribution in [0.2, 0.25) is 0 Å². The third-order valence-electron chi connectivity index (χ3n) is 9.13. The molecular formula is C45H30N2O.